The summed E-state index contributed by atoms with van der Waals surface area (Å²) in [5.41, 5.74) is 0.959. The van der Waals surface area contributed by atoms with E-state index in [2.05, 4.69) is 6.58 Å². The third kappa shape index (κ3) is 3.84. The molecule has 1 heterocycles. The molecule has 1 aliphatic heterocycles. The summed E-state index contributed by atoms with van der Waals surface area (Å²) >= 11 is 0. The molecule has 2 amide bonds. The highest BCUT2D eigenvalue weighted by molar-refractivity contribution is 5.87. The molecule has 0 bridgehead atoms. The Morgan fingerprint density at radius 3 is 2.81 bits per heavy atom. The van der Waals surface area contributed by atoms with Crippen molar-refractivity contribution in [2.24, 2.45) is 0 Å². The summed E-state index contributed by atoms with van der Waals surface area (Å²) in [5, 5.41) is 0. The van der Waals surface area contributed by atoms with Gasteiger partial charge >= 0.3 is 6.09 Å². The second-order valence-electron chi connectivity index (χ2n) is 5.08. The Morgan fingerprint density at radius 2 is 2.14 bits per heavy atom. The van der Waals surface area contributed by atoms with Gasteiger partial charge < -0.3 is 14.5 Å². The number of nitrogens with zero attached hydrogens (tertiary/aromatic N) is 2. The van der Waals surface area contributed by atoms with Gasteiger partial charge in [-0.15, -0.1) is 0 Å². The van der Waals surface area contributed by atoms with Crippen molar-refractivity contribution in [3.05, 3.63) is 48.6 Å². The molecular formula is C16H20N2O3. The molecule has 1 aliphatic rings. The topological polar surface area (TPSA) is 49.9 Å². The quantitative estimate of drug-likeness (QED) is 0.797. The average Bonchev–Trinajstić information content (AvgIpc) is 3.02. The molecule has 5 nitrogen and oxygen atoms in total. The molecule has 0 radical (unpaired) electrons. The molecule has 0 saturated carbocycles. The lowest BCUT2D eigenvalue weighted by molar-refractivity contribution is -0.126. The number of carbonyl (C=O) groups is 2. The number of likely N-dealkylation sites (N-methyl/N-ethyl adjacent to an activating group) is 1. The zero-order chi connectivity index (χ0) is 15.2. The van der Waals surface area contributed by atoms with Crippen LogP contribution in [-0.4, -0.2) is 48.0 Å². The highest BCUT2D eigenvalue weighted by atomic mass is 16.6. The van der Waals surface area contributed by atoms with Crippen molar-refractivity contribution in [3.8, 4) is 0 Å². The zero-order valence-corrected chi connectivity index (χ0v) is 12.2. The Bertz CT molecular complexity index is 516. The minimum absolute atomic E-state index is 0.0276. The van der Waals surface area contributed by atoms with Gasteiger partial charge in [-0.2, -0.15) is 0 Å². The predicted octanol–water partition coefficient (Wildman–Crippen LogP) is 2.04. The lowest BCUT2D eigenvalue weighted by Crippen LogP contribution is -2.39. The number of ether oxygens (including phenoxy) is 1. The van der Waals surface area contributed by atoms with E-state index in [-0.39, 0.29) is 24.6 Å². The molecule has 0 aliphatic carbocycles. The van der Waals surface area contributed by atoms with Crippen molar-refractivity contribution in [1.82, 2.24) is 9.80 Å². The SMILES string of the molecule is C=CC(=O)N(C)C1CCN(C(=O)OCc2ccccc2)C1. The van der Waals surface area contributed by atoms with Crippen molar-refractivity contribution >= 4 is 12.0 Å². The van der Waals surface area contributed by atoms with Crippen molar-refractivity contribution < 1.29 is 14.3 Å². The van der Waals surface area contributed by atoms with E-state index < -0.39 is 0 Å². The van der Waals surface area contributed by atoms with Crippen LogP contribution in [0.1, 0.15) is 12.0 Å². The molecule has 1 saturated heterocycles. The number of rotatable bonds is 4. The third-order valence-electron chi connectivity index (χ3n) is 3.70. The lowest BCUT2D eigenvalue weighted by atomic mass is 10.2. The fourth-order valence-corrected chi connectivity index (χ4v) is 2.36. The summed E-state index contributed by atoms with van der Waals surface area (Å²) in [6.45, 7) is 4.85. The molecule has 5 heteroatoms. The number of hydrogen-bond donors (Lipinski definition) is 0. The normalized spacial score (nSPS) is 17.4. The summed E-state index contributed by atoms with van der Waals surface area (Å²) in [7, 11) is 1.73. The number of likely N-dealkylation sites (tertiary alicyclic amines) is 1. The molecule has 112 valence electrons. The van der Waals surface area contributed by atoms with E-state index in [0.29, 0.717) is 13.1 Å². The molecule has 21 heavy (non-hydrogen) atoms. The molecular weight excluding hydrogens is 268 g/mol. The fourth-order valence-electron chi connectivity index (χ4n) is 2.36. The van der Waals surface area contributed by atoms with Gasteiger partial charge in [-0.3, -0.25) is 4.79 Å². The molecule has 1 aromatic rings. The first kappa shape index (κ1) is 15.1. The van der Waals surface area contributed by atoms with E-state index in [1.807, 2.05) is 30.3 Å². The third-order valence-corrected chi connectivity index (χ3v) is 3.70. The van der Waals surface area contributed by atoms with Crippen molar-refractivity contribution in [2.75, 3.05) is 20.1 Å². The van der Waals surface area contributed by atoms with E-state index in [4.69, 9.17) is 4.74 Å². The Balaban J connectivity index is 1.82. The van der Waals surface area contributed by atoms with E-state index in [0.717, 1.165) is 12.0 Å². The first-order valence-corrected chi connectivity index (χ1v) is 6.96. The van der Waals surface area contributed by atoms with Crippen LogP contribution >= 0.6 is 0 Å². The monoisotopic (exact) mass is 288 g/mol. The Morgan fingerprint density at radius 1 is 1.43 bits per heavy atom. The van der Waals surface area contributed by atoms with Crippen molar-refractivity contribution in [1.29, 1.82) is 0 Å². The highest BCUT2D eigenvalue weighted by Crippen LogP contribution is 2.16. The Kier molecular flexibility index (Phi) is 4.98. The molecule has 0 aromatic heterocycles. The molecule has 1 unspecified atom stereocenters. The maximum absolute atomic E-state index is 12.0. The van der Waals surface area contributed by atoms with Crippen LogP contribution in [0.15, 0.2) is 43.0 Å². The van der Waals surface area contributed by atoms with Crippen LogP contribution in [0.25, 0.3) is 0 Å². The van der Waals surface area contributed by atoms with Crippen molar-refractivity contribution in [3.63, 3.8) is 0 Å². The maximum atomic E-state index is 12.0. The average molecular weight is 288 g/mol. The second-order valence-corrected chi connectivity index (χ2v) is 5.08. The summed E-state index contributed by atoms with van der Waals surface area (Å²) in [4.78, 5) is 26.8. The number of amides is 2. The minimum Gasteiger partial charge on any atom is -0.445 e. The van der Waals surface area contributed by atoms with Crippen LogP contribution in [0.3, 0.4) is 0 Å². The van der Waals surface area contributed by atoms with Gasteiger partial charge in [-0.1, -0.05) is 36.9 Å². The standard InChI is InChI=1S/C16H20N2O3/c1-3-15(19)17(2)14-9-10-18(11-14)16(20)21-12-13-7-5-4-6-8-13/h3-8,14H,1,9-12H2,2H3. The van der Waals surface area contributed by atoms with Crippen LogP contribution in [0.2, 0.25) is 0 Å². The van der Waals surface area contributed by atoms with E-state index in [1.165, 1.54) is 6.08 Å². The van der Waals surface area contributed by atoms with Gasteiger partial charge in [0.15, 0.2) is 0 Å². The summed E-state index contributed by atoms with van der Waals surface area (Å²) in [6, 6.07) is 9.59. The molecule has 1 atom stereocenters. The van der Waals surface area contributed by atoms with Gasteiger partial charge in [0.05, 0.1) is 6.04 Å². The van der Waals surface area contributed by atoms with Gasteiger partial charge in [-0.25, -0.2) is 4.79 Å². The molecule has 1 fully saturated rings. The largest absolute Gasteiger partial charge is 0.445 e. The van der Waals surface area contributed by atoms with Crippen molar-refractivity contribution in [2.45, 2.75) is 19.1 Å². The zero-order valence-electron chi connectivity index (χ0n) is 12.2. The smallest absolute Gasteiger partial charge is 0.410 e. The van der Waals surface area contributed by atoms with Gasteiger partial charge in [0.25, 0.3) is 0 Å². The second kappa shape index (κ2) is 6.92. The first-order valence-electron chi connectivity index (χ1n) is 6.96. The van der Waals surface area contributed by atoms with E-state index >= 15 is 0 Å². The minimum atomic E-state index is -0.333. The molecule has 0 spiro atoms. The predicted molar refractivity (Wildman–Crippen MR) is 79.6 cm³/mol. The summed E-state index contributed by atoms with van der Waals surface area (Å²) in [5.74, 6) is -0.125. The van der Waals surface area contributed by atoms with E-state index in [9.17, 15) is 9.59 Å². The van der Waals surface area contributed by atoms with Crippen LogP contribution < -0.4 is 0 Å². The number of hydrogen-bond acceptors (Lipinski definition) is 3. The first-order chi connectivity index (χ1) is 10.1. The molecule has 2 rings (SSSR count). The van der Waals surface area contributed by atoms with Gasteiger partial charge in [-0.05, 0) is 18.1 Å². The van der Waals surface area contributed by atoms with Gasteiger partial charge in [0, 0.05) is 20.1 Å². The van der Waals surface area contributed by atoms with Crippen LogP contribution in [0.5, 0.6) is 0 Å². The Hall–Kier alpha value is -2.30. The molecule has 1 aromatic carbocycles. The lowest BCUT2D eigenvalue weighted by Gasteiger charge is -2.23. The van der Waals surface area contributed by atoms with Gasteiger partial charge in [0.2, 0.25) is 5.91 Å². The Labute approximate surface area is 124 Å². The number of benzene rings is 1. The number of carbonyl (C=O) groups excluding carboxylic acids is 2. The fraction of sp³-hybridized carbons (Fsp3) is 0.375. The molecule has 0 N–H and O–H groups in total. The highest BCUT2D eigenvalue weighted by Gasteiger charge is 2.31. The van der Waals surface area contributed by atoms with Crippen LogP contribution in [0, 0.1) is 0 Å². The van der Waals surface area contributed by atoms with Gasteiger partial charge in [0.1, 0.15) is 6.61 Å². The summed E-state index contributed by atoms with van der Waals surface area (Å²) < 4.78 is 5.29. The summed E-state index contributed by atoms with van der Waals surface area (Å²) in [6.07, 6.45) is 1.72. The van der Waals surface area contributed by atoms with Crippen LogP contribution in [-0.2, 0) is 16.1 Å². The van der Waals surface area contributed by atoms with Crippen LogP contribution in [0.4, 0.5) is 4.79 Å². The van der Waals surface area contributed by atoms with E-state index in [1.54, 1.807) is 16.8 Å². The maximum Gasteiger partial charge on any atom is 0.410 e.